The molecule has 1 aliphatic rings. The number of anilines is 1. The normalized spacial score (nSPS) is 21.2. The van der Waals surface area contributed by atoms with Gasteiger partial charge in [0.25, 0.3) is 0 Å². The number of hydrogen-bond donors (Lipinski definition) is 1. The summed E-state index contributed by atoms with van der Waals surface area (Å²) in [5, 5.41) is -1.52. The Hall–Kier alpha value is -1.90. The van der Waals surface area contributed by atoms with Crippen molar-refractivity contribution < 1.29 is 16.8 Å². The molecule has 0 unspecified atom stereocenters. The number of piperidine rings is 1. The summed E-state index contributed by atoms with van der Waals surface area (Å²) in [4.78, 5) is 2.05. The van der Waals surface area contributed by atoms with Crippen molar-refractivity contribution in [1.29, 1.82) is 0 Å². The molecule has 0 spiro atoms. The first kappa shape index (κ1) is 19.9. The minimum Gasteiger partial charge on any atom is -0.369 e. The first-order valence-corrected chi connectivity index (χ1v) is 12.2. The Kier molecular flexibility index (Phi) is 5.60. The van der Waals surface area contributed by atoms with Gasteiger partial charge in [0.05, 0.1) is 15.4 Å². The number of nitrogens with zero attached hydrogens (tertiary/aromatic N) is 1. The number of sulfone groups is 2. The number of rotatable bonds is 5. The van der Waals surface area contributed by atoms with E-state index in [1.54, 1.807) is 24.3 Å². The summed E-state index contributed by atoms with van der Waals surface area (Å²) in [5.41, 5.74) is 7.25. The second-order valence-electron chi connectivity index (χ2n) is 6.94. The predicted molar refractivity (Wildman–Crippen MR) is 107 cm³/mol. The van der Waals surface area contributed by atoms with Gasteiger partial charge in [-0.1, -0.05) is 30.3 Å². The Morgan fingerprint density at radius 3 is 2.07 bits per heavy atom. The quantitative estimate of drug-likeness (QED) is 0.807. The molecule has 27 heavy (non-hydrogen) atoms. The summed E-state index contributed by atoms with van der Waals surface area (Å²) in [5.74, 6) is 0. The highest BCUT2D eigenvalue weighted by Gasteiger charge is 2.40. The third kappa shape index (κ3) is 4.34. The summed E-state index contributed by atoms with van der Waals surface area (Å²) < 4.78 is 50.8. The number of benzene rings is 2. The predicted octanol–water partition coefficient (Wildman–Crippen LogP) is 1.61. The van der Waals surface area contributed by atoms with Gasteiger partial charge < -0.3 is 10.6 Å². The van der Waals surface area contributed by atoms with Gasteiger partial charge in [-0.3, -0.25) is 0 Å². The van der Waals surface area contributed by atoms with E-state index < -0.39 is 30.2 Å². The zero-order valence-corrected chi connectivity index (χ0v) is 16.8. The highest BCUT2D eigenvalue weighted by Crippen LogP contribution is 2.29. The lowest BCUT2D eigenvalue weighted by Crippen LogP contribution is -2.51. The molecule has 2 aromatic rings. The maximum atomic E-state index is 13.2. The van der Waals surface area contributed by atoms with E-state index in [1.807, 2.05) is 35.2 Å². The van der Waals surface area contributed by atoms with Crippen molar-refractivity contribution >= 4 is 25.4 Å². The summed E-state index contributed by atoms with van der Waals surface area (Å²) in [6, 6.07) is 15.8. The Morgan fingerprint density at radius 2 is 1.52 bits per heavy atom. The molecular weight excluding hydrogens is 384 g/mol. The topological polar surface area (TPSA) is 97.5 Å². The molecule has 8 heteroatoms. The van der Waals surface area contributed by atoms with Crippen molar-refractivity contribution in [3.63, 3.8) is 0 Å². The molecule has 1 heterocycles. The van der Waals surface area contributed by atoms with Gasteiger partial charge >= 0.3 is 0 Å². The van der Waals surface area contributed by atoms with Gasteiger partial charge in [-0.05, 0) is 36.2 Å². The zero-order valence-electron chi connectivity index (χ0n) is 15.2. The molecule has 0 amide bonds. The monoisotopic (exact) mass is 408 g/mol. The maximum Gasteiger partial charge on any atom is 0.183 e. The number of para-hydroxylation sites is 1. The van der Waals surface area contributed by atoms with Crippen molar-refractivity contribution in [3.05, 3.63) is 60.2 Å². The molecule has 3 rings (SSSR count). The third-order valence-electron chi connectivity index (χ3n) is 5.03. The van der Waals surface area contributed by atoms with E-state index in [4.69, 9.17) is 5.73 Å². The van der Waals surface area contributed by atoms with Crippen molar-refractivity contribution in [3.8, 4) is 0 Å². The summed E-state index contributed by atoms with van der Waals surface area (Å²) >= 11 is 0. The van der Waals surface area contributed by atoms with Gasteiger partial charge in [0.2, 0.25) is 0 Å². The molecule has 2 N–H and O–H groups in total. The van der Waals surface area contributed by atoms with Crippen LogP contribution >= 0.6 is 0 Å². The number of hydrogen-bond acceptors (Lipinski definition) is 6. The van der Waals surface area contributed by atoms with Crippen LogP contribution in [0.15, 0.2) is 59.5 Å². The van der Waals surface area contributed by atoms with Crippen LogP contribution < -0.4 is 10.6 Å². The van der Waals surface area contributed by atoms with E-state index in [-0.39, 0.29) is 17.9 Å². The Morgan fingerprint density at radius 1 is 0.926 bits per heavy atom. The van der Waals surface area contributed by atoms with Gasteiger partial charge in [-0.25, -0.2) is 16.8 Å². The van der Waals surface area contributed by atoms with Gasteiger partial charge in [0.15, 0.2) is 19.7 Å². The molecule has 1 aliphatic heterocycles. The highest BCUT2D eigenvalue weighted by atomic mass is 32.2. The van der Waals surface area contributed by atoms with Crippen LogP contribution in [-0.2, 0) is 26.2 Å². The van der Waals surface area contributed by atoms with Gasteiger partial charge in [-0.2, -0.15) is 0 Å². The van der Waals surface area contributed by atoms with Crippen LogP contribution in [0.5, 0.6) is 0 Å². The maximum absolute atomic E-state index is 13.2. The first-order chi connectivity index (χ1) is 12.7. The molecular formula is C19H24N2O4S2. The fourth-order valence-electron chi connectivity index (χ4n) is 3.40. The van der Waals surface area contributed by atoms with Gasteiger partial charge in [0.1, 0.15) is 0 Å². The second kappa shape index (κ2) is 7.61. The Balaban J connectivity index is 1.96. The molecule has 0 radical (unpaired) electrons. The Labute approximate surface area is 160 Å². The lowest BCUT2D eigenvalue weighted by Gasteiger charge is -2.38. The molecule has 0 aromatic heterocycles. The van der Waals surface area contributed by atoms with E-state index in [9.17, 15) is 16.8 Å². The van der Waals surface area contributed by atoms with Gasteiger partial charge in [-0.15, -0.1) is 0 Å². The molecule has 2 aromatic carbocycles. The van der Waals surface area contributed by atoms with Gasteiger partial charge in [0, 0.05) is 31.6 Å². The van der Waals surface area contributed by atoms with Crippen LogP contribution in [0.25, 0.3) is 0 Å². The van der Waals surface area contributed by atoms with Crippen molar-refractivity contribution in [2.75, 3.05) is 24.2 Å². The average Bonchev–Trinajstić information content (AvgIpc) is 2.67. The van der Waals surface area contributed by atoms with Crippen LogP contribution in [0, 0.1) is 0 Å². The Bertz CT molecular complexity index is 988. The summed E-state index contributed by atoms with van der Waals surface area (Å²) in [7, 11) is -7.04. The largest absolute Gasteiger partial charge is 0.369 e. The molecule has 1 fully saturated rings. The van der Waals surface area contributed by atoms with E-state index in [0.717, 1.165) is 11.3 Å². The van der Waals surface area contributed by atoms with Crippen LogP contribution in [0.1, 0.15) is 12.0 Å². The molecule has 6 nitrogen and oxygen atoms in total. The minimum absolute atomic E-state index is 0.100. The smallest absolute Gasteiger partial charge is 0.183 e. The summed E-state index contributed by atoms with van der Waals surface area (Å²) in [6.07, 6.45) is 1.27. The molecule has 0 aliphatic carbocycles. The fraction of sp³-hybridized carbons (Fsp3) is 0.368. The van der Waals surface area contributed by atoms with Crippen molar-refractivity contribution in [2.24, 2.45) is 5.73 Å². The summed E-state index contributed by atoms with van der Waals surface area (Å²) in [6.45, 7) is 0.889. The zero-order chi connectivity index (χ0) is 19.7. The van der Waals surface area contributed by atoms with Crippen LogP contribution in [0.4, 0.5) is 5.69 Å². The lowest BCUT2D eigenvalue weighted by atomic mass is 10.1. The highest BCUT2D eigenvalue weighted by molar-refractivity contribution is 7.92. The molecule has 1 saturated heterocycles. The second-order valence-corrected chi connectivity index (χ2v) is 11.5. The molecule has 146 valence electrons. The van der Waals surface area contributed by atoms with Crippen molar-refractivity contribution in [2.45, 2.75) is 28.4 Å². The fourth-order valence-corrected chi connectivity index (χ4v) is 6.32. The van der Waals surface area contributed by atoms with Crippen molar-refractivity contribution in [1.82, 2.24) is 0 Å². The lowest BCUT2D eigenvalue weighted by molar-refractivity contribution is 0.516. The number of nitrogens with two attached hydrogens (primary N) is 1. The molecule has 0 bridgehead atoms. The van der Waals surface area contributed by atoms with Crippen LogP contribution in [-0.4, -0.2) is 46.7 Å². The first-order valence-electron chi connectivity index (χ1n) is 8.73. The standard InChI is InChI=1S/C19H24N2O4S2/c1-26(22,23)18-11-19(14-21(13-18)16-5-3-2-4-6-16)27(24,25)17-9-7-15(12-20)8-10-17/h2-10,18-19H,11-14,20H2,1H3/t18-,19+/m1/s1. The molecule has 0 saturated carbocycles. The SMILES string of the molecule is CS(=O)(=O)[C@@H]1C[C@H](S(=O)(=O)c2ccc(CN)cc2)CN(c2ccccc2)C1. The van der Waals surface area contributed by atoms with Crippen LogP contribution in [0.3, 0.4) is 0 Å². The minimum atomic E-state index is -3.67. The molecule has 2 atom stereocenters. The van der Waals surface area contributed by atoms with E-state index >= 15 is 0 Å². The third-order valence-corrected chi connectivity index (χ3v) is 8.73. The average molecular weight is 409 g/mol. The van der Waals surface area contributed by atoms with E-state index in [0.29, 0.717) is 13.1 Å². The van der Waals surface area contributed by atoms with Crippen LogP contribution in [0.2, 0.25) is 0 Å². The van der Waals surface area contributed by atoms with E-state index in [2.05, 4.69) is 0 Å². The van der Waals surface area contributed by atoms with E-state index in [1.165, 1.54) is 6.26 Å².